The lowest BCUT2D eigenvalue weighted by Crippen LogP contribution is -2.13. The van der Waals surface area contributed by atoms with Gasteiger partial charge in [-0.05, 0) is 53.6 Å². The summed E-state index contributed by atoms with van der Waals surface area (Å²) >= 11 is 2.27. The van der Waals surface area contributed by atoms with Gasteiger partial charge in [-0.2, -0.15) is 0 Å². The lowest BCUT2D eigenvalue weighted by Gasteiger charge is -2.09. The van der Waals surface area contributed by atoms with Gasteiger partial charge in [0.15, 0.2) is 0 Å². The van der Waals surface area contributed by atoms with E-state index in [0.29, 0.717) is 52.7 Å². The van der Waals surface area contributed by atoms with Crippen molar-refractivity contribution in [3.05, 3.63) is 27.3 Å². The van der Waals surface area contributed by atoms with Gasteiger partial charge in [0, 0.05) is 13.2 Å². The van der Waals surface area contributed by atoms with Crippen molar-refractivity contribution in [2.45, 2.75) is 13.3 Å². The van der Waals surface area contributed by atoms with E-state index in [0.717, 1.165) is 9.32 Å². The Morgan fingerprint density at radius 1 is 0.909 bits per heavy atom. The summed E-state index contributed by atoms with van der Waals surface area (Å²) in [5.41, 5.74) is 1.23. The van der Waals surface area contributed by atoms with Crippen LogP contribution in [0.25, 0.3) is 0 Å². The smallest absolute Gasteiger partial charge is 0.132 e. The van der Waals surface area contributed by atoms with Crippen LogP contribution in [-0.4, -0.2) is 58.0 Å². The molecule has 1 N–H and O–H groups in total. The van der Waals surface area contributed by atoms with Crippen LogP contribution >= 0.6 is 22.6 Å². The third-order valence-electron chi connectivity index (χ3n) is 2.76. The van der Waals surface area contributed by atoms with Gasteiger partial charge in [-0.25, -0.2) is 0 Å². The highest BCUT2D eigenvalue weighted by Gasteiger charge is 2.00. The summed E-state index contributed by atoms with van der Waals surface area (Å²) in [5, 5.41) is 8.57. The van der Waals surface area contributed by atoms with E-state index in [9.17, 15) is 0 Å². The van der Waals surface area contributed by atoms with Crippen molar-refractivity contribution >= 4 is 22.6 Å². The predicted molar refractivity (Wildman–Crippen MR) is 93.6 cm³/mol. The van der Waals surface area contributed by atoms with Gasteiger partial charge in [0.05, 0.1) is 36.6 Å². The summed E-state index contributed by atoms with van der Waals surface area (Å²) in [7, 11) is 0. The fraction of sp³-hybridized carbons (Fsp3) is 0.625. The van der Waals surface area contributed by atoms with Crippen molar-refractivity contribution in [2.24, 2.45) is 0 Å². The summed E-state index contributed by atoms with van der Waals surface area (Å²) in [5.74, 6) is 0.895. The summed E-state index contributed by atoms with van der Waals surface area (Å²) in [4.78, 5) is 0. The van der Waals surface area contributed by atoms with Crippen molar-refractivity contribution in [1.82, 2.24) is 0 Å². The molecule has 0 saturated carbocycles. The van der Waals surface area contributed by atoms with Crippen LogP contribution in [0.3, 0.4) is 0 Å². The second-order valence-corrected chi connectivity index (χ2v) is 5.86. The van der Waals surface area contributed by atoms with Crippen LogP contribution in [0, 0.1) is 10.5 Å². The van der Waals surface area contributed by atoms with Gasteiger partial charge in [-0.15, -0.1) is 0 Å². The molecule has 1 rings (SSSR count). The van der Waals surface area contributed by atoms with E-state index in [1.54, 1.807) is 0 Å². The molecule has 0 spiro atoms. The fourth-order valence-corrected chi connectivity index (χ4v) is 2.47. The number of aliphatic hydroxyl groups is 1. The van der Waals surface area contributed by atoms with Gasteiger partial charge >= 0.3 is 0 Å². The molecule has 0 bridgehead atoms. The van der Waals surface area contributed by atoms with Crippen molar-refractivity contribution in [3.8, 4) is 5.75 Å². The molecule has 0 radical (unpaired) electrons. The molecule has 1 aromatic rings. The summed E-state index contributed by atoms with van der Waals surface area (Å²) < 4.78 is 22.8. The van der Waals surface area contributed by atoms with Crippen LogP contribution in [0.4, 0.5) is 0 Å². The standard InChI is InChI=1S/C16H25IO5/c1-14-3-4-16(15(17)13-14)22-12-11-21-10-9-20-8-7-19-6-2-5-18/h3-4,13,18H,2,5-12H2,1H3. The Morgan fingerprint density at radius 2 is 1.50 bits per heavy atom. The highest BCUT2D eigenvalue weighted by molar-refractivity contribution is 14.1. The van der Waals surface area contributed by atoms with Crippen LogP contribution in [-0.2, 0) is 14.2 Å². The second-order valence-electron chi connectivity index (χ2n) is 4.70. The molecule has 0 amide bonds. The molecule has 0 heterocycles. The van der Waals surface area contributed by atoms with Gasteiger partial charge in [-0.3, -0.25) is 0 Å². The van der Waals surface area contributed by atoms with Crippen LogP contribution < -0.4 is 4.74 Å². The van der Waals surface area contributed by atoms with E-state index in [1.165, 1.54) is 5.56 Å². The van der Waals surface area contributed by atoms with Crippen LogP contribution in [0.15, 0.2) is 18.2 Å². The molecule has 0 atom stereocenters. The van der Waals surface area contributed by atoms with E-state index < -0.39 is 0 Å². The summed E-state index contributed by atoms with van der Waals surface area (Å²) in [6.45, 7) is 6.07. The van der Waals surface area contributed by atoms with Gasteiger partial charge in [0.2, 0.25) is 0 Å². The lowest BCUT2D eigenvalue weighted by molar-refractivity contribution is 0.00748. The zero-order valence-corrected chi connectivity index (χ0v) is 15.2. The average Bonchev–Trinajstić information content (AvgIpc) is 2.50. The number of halogens is 1. The number of rotatable bonds is 13. The highest BCUT2D eigenvalue weighted by Crippen LogP contribution is 2.21. The fourth-order valence-electron chi connectivity index (χ4n) is 1.64. The quantitative estimate of drug-likeness (QED) is 0.390. The van der Waals surface area contributed by atoms with Crippen LogP contribution in [0.5, 0.6) is 5.75 Å². The van der Waals surface area contributed by atoms with Crippen molar-refractivity contribution in [1.29, 1.82) is 0 Å². The third-order valence-corrected chi connectivity index (χ3v) is 3.61. The number of hydrogen-bond donors (Lipinski definition) is 1. The molecular formula is C16H25IO5. The Morgan fingerprint density at radius 3 is 2.09 bits per heavy atom. The number of aliphatic hydroxyl groups excluding tert-OH is 1. The van der Waals surface area contributed by atoms with Gasteiger partial charge in [0.25, 0.3) is 0 Å². The molecule has 0 saturated heterocycles. The maximum atomic E-state index is 8.57. The maximum absolute atomic E-state index is 8.57. The minimum atomic E-state index is 0.165. The average molecular weight is 424 g/mol. The minimum Gasteiger partial charge on any atom is -0.490 e. The molecule has 22 heavy (non-hydrogen) atoms. The first-order valence-electron chi connectivity index (χ1n) is 7.47. The summed E-state index contributed by atoms with van der Waals surface area (Å²) in [6, 6.07) is 6.11. The van der Waals surface area contributed by atoms with E-state index in [2.05, 4.69) is 35.6 Å². The van der Waals surface area contributed by atoms with E-state index in [1.807, 2.05) is 12.1 Å². The number of benzene rings is 1. The molecule has 0 aliphatic carbocycles. The Balaban J connectivity index is 1.89. The first-order chi connectivity index (χ1) is 10.7. The van der Waals surface area contributed by atoms with Gasteiger partial charge in [0.1, 0.15) is 12.4 Å². The Bertz CT molecular complexity index is 400. The largest absolute Gasteiger partial charge is 0.490 e. The van der Waals surface area contributed by atoms with Gasteiger partial charge in [-0.1, -0.05) is 6.07 Å². The zero-order valence-electron chi connectivity index (χ0n) is 13.1. The number of ether oxygens (including phenoxy) is 4. The van der Waals surface area contributed by atoms with E-state index in [-0.39, 0.29) is 6.61 Å². The molecule has 0 aliphatic heterocycles. The molecule has 1 aromatic carbocycles. The molecule has 0 fully saturated rings. The SMILES string of the molecule is Cc1ccc(OCCOCCOCCOCCCO)c(I)c1. The van der Waals surface area contributed by atoms with Crippen molar-refractivity contribution < 1.29 is 24.1 Å². The predicted octanol–water partition coefficient (Wildman–Crippen LogP) is 2.41. The minimum absolute atomic E-state index is 0.165. The topological polar surface area (TPSA) is 57.2 Å². The molecule has 6 heteroatoms. The molecule has 5 nitrogen and oxygen atoms in total. The van der Waals surface area contributed by atoms with Gasteiger partial charge < -0.3 is 24.1 Å². The number of hydrogen-bond acceptors (Lipinski definition) is 5. The maximum Gasteiger partial charge on any atom is 0.132 e. The molecule has 0 aliphatic rings. The Labute approximate surface area is 146 Å². The first-order valence-corrected chi connectivity index (χ1v) is 8.55. The van der Waals surface area contributed by atoms with Crippen LogP contribution in [0.2, 0.25) is 0 Å². The van der Waals surface area contributed by atoms with Crippen molar-refractivity contribution in [3.63, 3.8) is 0 Å². The molecule has 126 valence electrons. The molecular weight excluding hydrogens is 399 g/mol. The summed E-state index contributed by atoms with van der Waals surface area (Å²) in [6.07, 6.45) is 0.670. The number of aryl methyl sites for hydroxylation is 1. The Hall–Kier alpha value is -0.410. The zero-order chi connectivity index (χ0) is 16.0. The van der Waals surface area contributed by atoms with E-state index in [4.69, 9.17) is 24.1 Å². The van der Waals surface area contributed by atoms with Crippen LogP contribution in [0.1, 0.15) is 12.0 Å². The monoisotopic (exact) mass is 424 g/mol. The normalized spacial score (nSPS) is 10.9. The van der Waals surface area contributed by atoms with E-state index >= 15 is 0 Å². The Kier molecular flexibility index (Phi) is 11.7. The molecule has 0 aromatic heterocycles. The van der Waals surface area contributed by atoms with Crippen molar-refractivity contribution in [2.75, 3.05) is 52.9 Å². The lowest BCUT2D eigenvalue weighted by atomic mass is 10.2. The highest BCUT2D eigenvalue weighted by atomic mass is 127. The second kappa shape index (κ2) is 13.1. The molecule has 0 unspecified atom stereocenters. The third kappa shape index (κ3) is 9.58. The first kappa shape index (κ1) is 19.6.